The zero-order valence-electron chi connectivity index (χ0n) is 7.48. The van der Waals surface area contributed by atoms with Crippen LogP contribution in [0.3, 0.4) is 0 Å². The molecule has 0 N–H and O–H groups in total. The van der Waals surface area contributed by atoms with Crippen molar-refractivity contribution in [2.45, 2.75) is 13.8 Å². The van der Waals surface area contributed by atoms with Gasteiger partial charge in [-0.05, 0) is 26.1 Å². The molecule has 0 aromatic rings. The van der Waals surface area contributed by atoms with Gasteiger partial charge in [-0.2, -0.15) is 0 Å². The van der Waals surface area contributed by atoms with Crippen molar-refractivity contribution in [3.8, 4) is 0 Å². The number of carbonyl (C=O) groups is 1. The average Bonchev–Trinajstić information content (AvgIpc) is 2.04. The molecule has 0 fully saturated rings. The van der Waals surface area contributed by atoms with Crippen molar-refractivity contribution in [1.29, 1.82) is 0 Å². The highest BCUT2D eigenvalue weighted by Gasteiger charge is 2.23. The minimum atomic E-state index is -0.466. The highest BCUT2D eigenvalue weighted by Crippen LogP contribution is 2.06. The number of esters is 1. The molecule has 0 saturated carbocycles. The van der Waals surface area contributed by atoms with Crippen LogP contribution in [0.25, 0.3) is 0 Å². The van der Waals surface area contributed by atoms with Crippen LogP contribution in [0, 0.1) is 5.92 Å². The van der Waals surface area contributed by atoms with Gasteiger partial charge < -0.3 is 4.74 Å². The molecule has 0 spiro atoms. The van der Waals surface area contributed by atoms with Crippen LogP contribution in [-0.2, 0) is 9.53 Å². The van der Waals surface area contributed by atoms with E-state index in [1.54, 1.807) is 13.8 Å². The summed E-state index contributed by atoms with van der Waals surface area (Å²) in [5, 5.41) is 0.262. The third-order valence-corrected chi connectivity index (χ3v) is 1.79. The number of nitrogens with zero attached hydrogens (tertiary/aromatic N) is 2. The maximum absolute atomic E-state index is 11.3. The van der Waals surface area contributed by atoms with Gasteiger partial charge in [0.2, 0.25) is 5.11 Å². The second kappa shape index (κ2) is 4.23. The lowest BCUT2D eigenvalue weighted by atomic mass is 10.1. The average molecular weight is 198 g/mol. The van der Waals surface area contributed by atoms with E-state index in [0.29, 0.717) is 12.3 Å². The van der Waals surface area contributed by atoms with Crippen LogP contribution >= 0.6 is 12.2 Å². The third kappa shape index (κ3) is 2.42. The molecule has 0 aliphatic carbocycles. The predicted octanol–water partition coefficient (Wildman–Crippen LogP) is 0.996. The number of hydrogen-bond donors (Lipinski definition) is 0. The first kappa shape index (κ1) is 9.98. The Labute approximate surface area is 81.7 Å². The van der Waals surface area contributed by atoms with Crippen LogP contribution in [0.1, 0.15) is 13.8 Å². The highest BCUT2D eigenvalue weighted by atomic mass is 32.1. The zero-order valence-corrected chi connectivity index (χ0v) is 8.30. The van der Waals surface area contributed by atoms with Crippen molar-refractivity contribution in [3.63, 3.8) is 0 Å². The van der Waals surface area contributed by atoms with E-state index in [0.717, 1.165) is 0 Å². The molecule has 0 amide bonds. The largest absolute Gasteiger partial charge is 0.465 e. The van der Waals surface area contributed by atoms with E-state index in [1.165, 1.54) is 6.21 Å². The van der Waals surface area contributed by atoms with Crippen molar-refractivity contribution >= 4 is 35.2 Å². The Balaban J connectivity index is 2.72. The van der Waals surface area contributed by atoms with Crippen molar-refractivity contribution in [3.05, 3.63) is 0 Å². The first-order valence-corrected chi connectivity index (χ1v) is 4.36. The molecule has 0 bridgehead atoms. The standard InChI is InChI=1S/C8H10N2O2S/c1-3-12-7(11)6-4-9-8(13)10-5(6)2/h4,6H,3H2,1-2H3. The zero-order chi connectivity index (χ0) is 9.84. The van der Waals surface area contributed by atoms with Gasteiger partial charge in [-0.3, -0.25) is 4.79 Å². The van der Waals surface area contributed by atoms with E-state index >= 15 is 0 Å². The van der Waals surface area contributed by atoms with E-state index in [-0.39, 0.29) is 11.1 Å². The fourth-order valence-corrected chi connectivity index (χ4v) is 1.16. The van der Waals surface area contributed by atoms with Crippen LogP contribution in [0.2, 0.25) is 0 Å². The van der Waals surface area contributed by atoms with Gasteiger partial charge in [0, 0.05) is 11.9 Å². The Morgan fingerprint density at radius 1 is 1.77 bits per heavy atom. The Morgan fingerprint density at radius 3 is 3.00 bits per heavy atom. The van der Waals surface area contributed by atoms with Gasteiger partial charge in [0.05, 0.1) is 6.61 Å². The summed E-state index contributed by atoms with van der Waals surface area (Å²) >= 11 is 4.75. The quantitative estimate of drug-likeness (QED) is 0.491. The number of aliphatic imine (C=N–C) groups is 2. The van der Waals surface area contributed by atoms with Gasteiger partial charge in [0.15, 0.2) is 0 Å². The maximum atomic E-state index is 11.3. The molecule has 0 aromatic carbocycles. The van der Waals surface area contributed by atoms with Gasteiger partial charge in [-0.25, -0.2) is 9.98 Å². The number of ether oxygens (including phenoxy) is 1. The fourth-order valence-electron chi connectivity index (χ4n) is 0.959. The molecule has 1 rings (SSSR count). The van der Waals surface area contributed by atoms with E-state index in [1.807, 2.05) is 0 Å². The van der Waals surface area contributed by atoms with Crippen molar-refractivity contribution < 1.29 is 9.53 Å². The molecular formula is C8H10N2O2S. The molecule has 0 aromatic heterocycles. The van der Waals surface area contributed by atoms with Crippen LogP contribution in [0.5, 0.6) is 0 Å². The second-order valence-electron chi connectivity index (χ2n) is 2.54. The monoisotopic (exact) mass is 198 g/mol. The Morgan fingerprint density at radius 2 is 2.46 bits per heavy atom. The fraction of sp³-hybridized carbons (Fsp3) is 0.500. The van der Waals surface area contributed by atoms with Crippen LogP contribution in [0.4, 0.5) is 0 Å². The number of rotatable bonds is 2. The van der Waals surface area contributed by atoms with E-state index in [2.05, 4.69) is 9.98 Å². The summed E-state index contributed by atoms with van der Waals surface area (Å²) in [6.45, 7) is 3.86. The van der Waals surface area contributed by atoms with Crippen LogP contribution in [-0.4, -0.2) is 29.6 Å². The molecular weight excluding hydrogens is 188 g/mol. The molecule has 1 aliphatic rings. The minimum Gasteiger partial charge on any atom is -0.465 e. The van der Waals surface area contributed by atoms with Crippen molar-refractivity contribution in [2.75, 3.05) is 6.61 Å². The summed E-state index contributed by atoms with van der Waals surface area (Å²) in [4.78, 5) is 19.0. The molecule has 0 radical (unpaired) electrons. The molecule has 5 heteroatoms. The molecule has 1 heterocycles. The van der Waals surface area contributed by atoms with Gasteiger partial charge in [-0.15, -0.1) is 0 Å². The third-order valence-electron chi connectivity index (χ3n) is 1.60. The van der Waals surface area contributed by atoms with Crippen LogP contribution < -0.4 is 0 Å². The Kier molecular flexibility index (Phi) is 3.25. The molecule has 70 valence electrons. The molecule has 1 aliphatic heterocycles. The molecule has 1 unspecified atom stereocenters. The lowest BCUT2D eigenvalue weighted by Crippen LogP contribution is -2.28. The smallest absolute Gasteiger partial charge is 0.320 e. The van der Waals surface area contributed by atoms with E-state index in [9.17, 15) is 4.79 Å². The maximum Gasteiger partial charge on any atom is 0.320 e. The number of thiocarbonyl (C=S) groups is 1. The second-order valence-corrected chi connectivity index (χ2v) is 2.91. The molecule has 13 heavy (non-hydrogen) atoms. The number of hydrogen-bond acceptors (Lipinski definition) is 3. The normalized spacial score (nSPS) is 21.2. The van der Waals surface area contributed by atoms with Gasteiger partial charge in [0.25, 0.3) is 0 Å². The molecule has 1 atom stereocenters. The summed E-state index contributed by atoms with van der Waals surface area (Å²) in [6.07, 6.45) is 1.47. The van der Waals surface area contributed by atoms with E-state index in [4.69, 9.17) is 17.0 Å². The SMILES string of the molecule is CCOC(=O)C1C=NC(=S)N=C1C. The van der Waals surface area contributed by atoms with Gasteiger partial charge in [-0.1, -0.05) is 0 Å². The first-order chi connectivity index (χ1) is 6.15. The minimum absolute atomic E-state index is 0.262. The van der Waals surface area contributed by atoms with Gasteiger partial charge >= 0.3 is 5.97 Å². The highest BCUT2D eigenvalue weighted by molar-refractivity contribution is 7.80. The topological polar surface area (TPSA) is 51.0 Å². The first-order valence-electron chi connectivity index (χ1n) is 3.95. The molecule has 0 saturated heterocycles. The Hall–Kier alpha value is -1.10. The van der Waals surface area contributed by atoms with Crippen molar-refractivity contribution in [2.24, 2.45) is 15.9 Å². The van der Waals surface area contributed by atoms with Crippen molar-refractivity contribution in [1.82, 2.24) is 0 Å². The van der Waals surface area contributed by atoms with Gasteiger partial charge in [0.1, 0.15) is 5.92 Å². The summed E-state index contributed by atoms with van der Waals surface area (Å²) in [5.74, 6) is -0.790. The summed E-state index contributed by atoms with van der Waals surface area (Å²) in [6, 6.07) is 0. The van der Waals surface area contributed by atoms with E-state index < -0.39 is 5.92 Å². The number of carbonyl (C=O) groups excluding carboxylic acids is 1. The van der Waals surface area contributed by atoms with Crippen LogP contribution in [0.15, 0.2) is 9.98 Å². The summed E-state index contributed by atoms with van der Waals surface area (Å²) in [5.41, 5.74) is 0.637. The lowest BCUT2D eigenvalue weighted by molar-refractivity contribution is -0.143. The lowest BCUT2D eigenvalue weighted by Gasteiger charge is -2.13. The summed E-state index contributed by atoms with van der Waals surface area (Å²) in [7, 11) is 0. The predicted molar refractivity (Wildman–Crippen MR) is 54.3 cm³/mol. The Bertz CT molecular complexity index is 297. The molecule has 4 nitrogen and oxygen atoms in total. The summed E-state index contributed by atoms with van der Waals surface area (Å²) < 4.78 is 4.83.